The van der Waals surface area contributed by atoms with Gasteiger partial charge in [0.05, 0.1) is 30.6 Å². The molecule has 8 nitrogen and oxygen atoms in total. The van der Waals surface area contributed by atoms with E-state index in [2.05, 4.69) is 24.5 Å². The molecule has 3 N–H and O–H groups in total. The third-order valence-electron chi connectivity index (χ3n) is 8.65. The maximum absolute atomic E-state index is 14.8. The molecular weight excluding hydrogens is 479 g/mol. The first-order valence-electron chi connectivity index (χ1n) is 13.6. The number of aliphatic carboxylic acids is 1. The van der Waals surface area contributed by atoms with E-state index in [0.717, 1.165) is 31.7 Å². The number of carbonyl (C=O) groups is 3. The SMILES string of the molecule is CC[C@@H](C)CNC(=O)[C@H]1[C@@H]2CC[C@@H](C2)[C@H]1NC(=O)c1cc(OC2CCC(C(=O)O)CC2)c(F)cc1OC. The molecule has 3 saturated carbocycles. The van der Waals surface area contributed by atoms with E-state index in [1.54, 1.807) is 0 Å². The van der Waals surface area contributed by atoms with Crippen LogP contribution in [-0.2, 0) is 9.59 Å². The van der Waals surface area contributed by atoms with Crippen molar-refractivity contribution in [3.8, 4) is 11.5 Å². The summed E-state index contributed by atoms with van der Waals surface area (Å²) in [6.45, 7) is 4.80. The van der Waals surface area contributed by atoms with Crippen molar-refractivity contribution < 1.29 is 33.4 Å². The minimum Gasteiger partial charge on any atom is -0.496 e. The Morgan fingerprint density at radius 1 is 1.08 bits per heavy atom. The second kappa shape index (κ2) is 11.7. The smallest absolute Gasteiger partial charge is 0.306 e. The number of rotatable bonds is 10. The number of carbonyl (C=O) groups excluding carboxylic acids is 2. The Balaban J connectivity index is 1.47. The van der Waals surface area contributed by atoms with Gasteiger partial charge in [-0.25, -0.2) is 4.39 Å². The number of benzene rings is 1. The molecule has 0 aliphatic heterocycles. The average molecular weight is 519 g/mol. The van der Waals surface area contributed by atoms with E-state index in [1.807, 2.05) is 0 Å². The maximum Gasteiger partial charge on any atom is 0.306 e. The van der Waals surface area contributed by atoms with Gasteiger partial charge in [0.25, 0.3) is 5.91 Å². The summed E-state index contributed by atoms with van der Waals surface area (Å²) in [5, 5.41) is 15.4. The van der Waals surface area contributed by atoms with Crippen molar-refractivity contribution in [1.29, 1.82) is 0 Å². The fourth-order valence-corrected chi connectivity index (χ4v) is 6.22. The molecule has 0 radical (unpaired) electrons. The molecule has 1 aromatic rings. The molecule has 9 heteroatoms. The van der Waals surface area contributed by atoms with Crippen LogP contribution in [0.2, 0.25) is 0 Å². The van der Waals surface area contributed by atoms with E-state index < -0.39 is 23.6 Å². The van der Waals surface area contributed by atoms with E-state index in [4.69, 9.17) is 9.47 Å². The first-order valence-corrected chi connectivity index (χ1v) is 13.6. The van der Waals surface area contributed by atoms with E-state index in [0.29, 0.717) is 38.1 Å². The summed E-state index contributed by atoms with van der Waals surface area (Å²) in [6, 6.07) is 2.22. The summed E-state index contributed by atoms with van der Waals surface area (Å²) >= 11 is 0. The third kappa shape index (κ3) is 6.02. The zero-order valence-electron chi connectivity index (χ0n) is 21.9. The average Bonchev–Trinajstić information content (AvgIpc) is 3.50. The highest BCUT2D eigenvalue weighted by atomic mass is 19.1. The molecule has 0 heterocycles. The Morgan fingerprint density at radius 3 is 2.43 bits per heavy atom. The van der Waals surface area contributed by atoms with Gasteiger partial charge in [-0.2, -0.15) is 0 Å². The van der Waals surface area contributed by atoms with E-state index in [9.17, 15) is 23.9 Å². The van der Waals surface area contributed by atoms with Crippen molar-refractivity contribution in [3.63, 3.8) is 0 Å². The molecule has 2 amide bonds. The second-order valence-corrected chi connectivity index (χ2v) is 11.0. The first kappa shape index (κ1) is 27.2. The molecule has 3 fully saturated rings. The molecule has 5 atom stereocenters. The fourth-order valence-electron chi connectivity index (χ4n) is 6.22. The Labute approximate surface area is 217 Å². The lowest BCUT2D eigenvalue weighted by molar-refractivity contribution is -0.143. The van der Waals surface area contributed by atoms with Gasteiger partial charge in [-0.15, -0.1) is 0 Å². The molecule has 0 unspecified atom stereocenters. The van der Waals surface area contributed by atoms with Gasteiger partial charge in [-0.1, -0.05) is 20.3 Å². The number of fused-ring (bicyclic) bond motifs is 2. The lowest BCUT2D eigenvalue weighted by Gasteiger charge is -2.31. The highest BCUT2D eigenvalue weighted by Crippen LogP contribution is 2.49. The van der Waals surface area contributed by atoms with Crippen LogP contribution in [0.1, 0.15) is 75.6 Å². The molecule has 1 aromatic carbocycles. The number of methoxy groups -OCH3 is 1. The molecule has 3 aliphatic carbocycles. The molecule has 204 valence electrons. The van der Waals surface area contributed by atoms with Crippen LogP contribution in [0.4, 0.5) is 4.39 Å². The highest BCUT2D eigenvalue weighted by Gasteiger charge is 2.51. The van der Waals surface area contributed by atoms with Gasteiger partial charge in [-0.05, 0) is 68.8 Å². The van der Waals surface area contributed by atoms with Crippen LogP contribution in [0.3, 0.4) is 0 Å². The number of halogens is 1. The minimum absolute atomic E-state index is 0.00939. The minimum atomic E-state index is -0.819. The molecule has 0 spiro atoms. The van der Waals surface area contributed by atoms with E-state index in [-0.39, 0.29) is 52.9 Å². The van der Waals surface area contributed by atoms with E-state index in [1.165, 1.54) is 13.2 Å². The topological polar surface area (TPSA) is 114 Å². The normalized spacial score (nSPS) is 29.4. The van der Waals surface area contributed by atoms with Crippen molar-refractivity contribution in [1.82, 2.24) is 10.6 Å². The number of carboxylic acids is 1. The molecule has 3 aliphatic rings. The monoisotopic (exact) mass is 518 g/mol. The number of amides is 2. The lowest BCUT2D eigenvalue weighted by Crippen LogP contribution is -2.50. The van der Waals surface area contributed by atoms with Gasteiger partial charge < -0.3 is 25.2 Å². The molecular formula is C28H39FN2O6. The van der Waals surface area contributed by atoms with Gasteiger partial charge >= 0.3 is 5.97 Å². The number of ether oxygens (including phenoxy) is 2. The molecule has 2 bridgehead atoms. The van der Waals surface area contributed by atoms with Gasteiger partial charge in [0, 0.05) is 18.7 Å². The molecule has 0 aromatic heterocycles. The number of nitrogens with one attached hydrogen (secondary N) is 2. The van der Waals surface area contributed by atoms with Crippen LogP contribution in [0.5, 0.6) is 11.5 Å². The van der Waals surface area contributed by atoms with Crippen LogP contribution in [0.15, 0.2) is 12.1 Å². The van der Waals surface area contributed by atoms with Crippen molar-refractivity contribution >= 4 is 17.8 Å². The van der Waals surface area contributed by atoms with Crippen LogP contribution in [0.25, 0.3) is 0 Å². The predicted molar refractivity (Wildman–Crippen MR) is 135 cm³/mol. The summed E-state index contributed by atoms with van der Waals surface area (Å²) in [7, 11) is 1.38. The summed E-state index contributed by atoms with van der Waals surface area (Å²) in [6.07, 6.45) is 5.47. The Kier molecular flexibility index (Phi) is 8.60. The van der Waals surface area contributed by atoms with Gasteiger partial charge in [0.1, 0.15) is 5.75 Å². The highest BCUT2D eigenvalue weighted by molar-refractivity contribution is 5.98. The van der Waals surface area contributed by atoms with Gasteiger partial charge in [0.2, 0.25) is 5.91 Å². The summed E-state index contributed by atoms with van der Waals surface area (Å²) in [5.74, 6) is -1.66. The lowest BCUT2D eigenvalue weighted by atomic mass is 9.83. The second-order valence-electron chi connectivity index (χ2n) is 11.0. The summed E-state index contributed by atoms with van der Waals surface area (Å²) in [4.78, 5) is 37.8. The Bertz CT molecular complexity index is 1010. The van der Waals surface area contributed by atoms with Crippen molar-refractivity contribution in [2.45, 2.75) is 77.4 Å². The van der Waals surface area contributed by atoms with Crippen molar-refractivity contribution in [3.05, 3.63) is 23.5 Å². The van der Waals surface area contributed by atoms with Crippen LogP contribution in [-0.4, -0.2) is 48.7 Å². The standard InChI is InChI=1S/C28H39FN2O6/c1-4-15(2)14-30-27(33)24-17-5-6-18(11-17)25(24)31-26(32)20-12-23(21(29)13-22(20)36-3)37-19-9-7-16(8-10-19)28(34)35/h12-13,15-19,24-25H,4-11,14H2,1-3H3,(H,30,33)(H,31,32)(H,34,35)/t15-,16?,17-,18+,19?,24+,25-/m1/s1. The summed E-state index contributed by atoms with van der Waals surface area (Å²) < 4.78 is 26.0. The van der Waals surface area contributed by atoms with Gasteiger partial charge in [-0.3, -0.25) is 14.4 Å². The molecule has 0 saturated heterocycles. The van der Waals surface area contributed by atoms with Crippen LogP contribution >= 0.6 is 0 Å². The maximum atomic E-state index is 14.8. The Hall–Kier alpha value is -2.84. The van der Waals surface area contributed by atoms with Crippen LogP contribution < -0.4 is 20.1 Å². The summed E-state index contributed by atoms with van der Waals surface area (Å²) in [5.41, 5.74) is 0.152. The number of carboxylic acid groups (broad SMARTS) is 1. The first-order chi connectivity index (χ1) is 17.7. The third-order valence-corrected chi connectivity index (χ3v) is 8.65. The van der Waals surface area contributed by atoms with Crippen molar-refractivity contribution in [2.75, 3.05) is 13.7 Å². The molecule has 4 rings (SSSR count). The zero-order chi connectivity index (χ0) is 26.7. The number of hydrogen-bond acceptors (Lipinski definition) is 5. The quantitative estimate of drug-likeness (QED) is 0.429. The molecule has 37 heavy (non-hydrogen) atoms. The zero-order valence-corrected chi connectivity index (χ0v) is 21.9. The van der Waals surface area contributed by atoms with Crippen molar-refractivity contribution in [2.24, 2.45) is 29.6 Å². The van der Waals surface area contributed by atoms with Gasteiger partial charge in [0.15, 0.2) is 11.6 Å². The largest absolute Gasteiger partial charge is 0.496 e. The van der Waals surface area contributed by atoms with Crippen LogP contribution in [0, 0.1) is 35.4 Å². The number of hydrogen-bond donors (Lipinski definition) is 3. The fraction of sp³-hybridized carbons (Fsp3) is 0.679. The Morgan fingerprint density at radius 2 is 1.78 bits per heavy atom. The van der Waals surface area contributed by atoms with E-state index >= 15 is 0 Å². The predicted octanol–water partition coefficient (Wildman–Crippen LogP) is 4.16.